The maximum atomic E-state index is 13.1. The molecule has 1 aliphatic carbocycles. The molecule has 1 aliphatic heterocycles. The van der Waals surface area contributed by atoms with Gasteiger partial charge in [-0.1, -0.05) is 0 Å². The predicted molar refractivity (Wildman–Crippen MR) is 91.6 cm³/mol. The van der Waals surface area contributed by atoms with Gasteiger partial charge < -0.3 is 9.64 Å². The van der Waals surface area contributed by atoms with Gasteiger partial charge in [-0.3, -0.25) is 9.48 Å². The summed E-state index contributed by atoms with van der Waals surface area (Å²) in [6, 6.07) is 7.91. The van der Waals surface area contributed by atoms with Gasteiger partial charge in [0.15, 0.2) is 0 Å². The van der Waals surface area contributed by atoms with Crippen LogP contribution in [0.25, 0.3) is 11.3 Å². The predicted octanol–water partition coefficient (Wildman–Crippen LogP) is 2.87. The summed E-state index contributed by atoms with van der Waals surface area (Å²) in [5, 5.41) is 4.41. The summed E-state index contributed by atoms with van der Waals surface area (Å²) in [7, 11) is 1.76. The molecular formula is C19H22FN3O2. The van der Waals surface area contributed by atoms with E-state index in [9.17, 15) is 9.18 Å². The van der Waals surface area contributed by atoms with Crippen LogP contribution in [-0.4, -0.2) is 46.4 Å². The molecule has 1 saturated carbocycles. The standard InChI is InChI=1S/C19H22FN3O2/c1-22-18(10-17(21-22)14-4-6-15(20)7-5-14)19(24)23-9-8-16(11-23)25-12-13-2-3-13/h4-7,10,13,16H,2-3,8-9,11-12H2,1H3. The molecule has 1 amide bonds. The summed E-state index contributed by atoms with van der Waals surface area (Å²) in [5.74, 6) is 0.422. The highest BCUT2D eigenvalue weighted by Crippen LogP contribution is 2.30. The molecule has 1 atom stereocenters. The summed E-state index contributed by atoms with van der Waals surface area (Å²) >= 11 is 0. The molecule has 1 aromatic heterocycles. The van der Waals surface area contributed by atoms with Gasteiger partial charge in [0.25, 0.3) is 5.91 Å². The first-order chi connectivity index (χ1) is 12.1. The molecule has 132 valence electrons. The molecule has 1 saturated heterocycles. The Balaban J connectivity index is 1.44. The Bertz CT molecular complexity index is 767. The van der Waals surface area contributed by atoms with Crippen LogP contribution in [-0.2, 0) is 11.8 Å². The lowest BCUT2D eigenvalue weighted by Crippen LogP contribution is -2.31. The molecule has 5 nitrogen and oxygen atoms in total. The molecule has 1 aromatic carbocycles. The van der Waals surface area contributed by atoms with E-state index in [-0.39, 0.29) is 17.8 Å². The van der Waals surface area contributed by atoms with Crippen LogP contribution in [0.5, 0.6) is 0 Å². The monoisotopic (exact) mass is 343 g/mol. The Hall–Kier alpha value is -2.21. The number of amides is 1. The molecule has 1 unspecified atom stereocenters. The first-order valence-corrected chi connectivity index (χ1v) is 8.81. The van der Waals surface area contributed by atoms with Crippen LogP contribution in [0.4, 0.5) is 4.39 Å². The normalized spacial score (nSPS) is 20.2. The molecule has 0 bridgehead atoms. The lowest BCUT2D eigenvalue weighted by atomic mass is 10.1. The molecule has 2 fully saturated rings. The van der Waals surface area contributed by atoms with Crippen molar-refractivity contribution in [1.29, 1.82) is 0 Å². The van der Waals surface area contributed by atoms with Crippen molar-refractivity contribution in [3.63, 3.8) is 0 Å². The first kappa shape index (κ1) is 16.3. The molecule has 2 heterocycles. The fourth-order valence-corrected chi connectivity index (χ4v) is 3.20. The zero-order chi connectivity index (χ0) is 17.4. The molecule has 0 spiro atoms. The third-order valence-electron chi connectivity index (χ3n) is 4.94. The number of aromatic nitrogens is 2. The number of hydrogen-bond donors (Lipinski definition) is 0. The second-order valence-corrected chi connectivity index (χ2v) is 6.98. The third kappa shape index (κ3) is 3.58. The SMILES string of the molecule is Cn1nc(-c2ccc(F)cc2)cc1C(=O)N1CCC(OCC2CC2)C1. The van der Waals surface area contributed by atoms with E-state index in [4.69, 9.17) is 4.74 Å². The number of likely N-dealkylation sites (tertiary alicyclic amines) is 1. The highest BCUT2D eigenvalue weighted by Gasteiger charge is 2.31. The zero-order valence-corrected chi connectivity index (χ0v) is 14.3. The topological polar surface area (TPSA) is 47.4 Å². The number of nitrogens with zero attached hydrogens (tertiary/aromatic N) is 3. The highest BCUT2D eigenvalue weighted by molar-refractivity contribution is 5.94. The summed E-state index contributed by atoms with van der Waals surface area (Å²) in [6.45, 7) is 2.18. The second kappa shape index (κ2) is 6.59. The Kier molecular flexibility index (Phi) is 4.29. The van der Waals surface area contributed by atoms with E-state index in [1.165, 1.54) is 25.0 Å². The van der Waals surface area contributed by atoms with E-state index in [1.54, 1.807) is 29.9 Å². The average Bonchev–Trinajstić information content (AvgIpc) is 3.18. The van der Waals surface area contributed by atoms with Gasteiger partial charge >= 0.3 is 0 Å². The Morgan fingerprint density at radius 3 is 2.76 bits per heavy atom. The lowest BCUT2D eigenvalue weighted by molar-refractivity contribution is 0.0477. The first-order valence-electron chi connectivity index (χ1n) is 8.81. The van der Waals surface area contributed by atoms with Crippen molar-refractivity contribution < 1.29 is 13.9 Å². The maximum Gasteiger partial charge on any atom is 0.272 e. The zero-order valence-electron chi connectivity index (χ0n) is 14.3. The fourth-order valence-electron chi connectivity index (χ4n) is 3.20. The molecular weight excluding hydrogens is 321 g/mol. The minimum Gasteiger partial charge on any atom is -0.376 e. The second-order valence-electron chi connectivity index (χ2n) is 6.98. The van der Waals surface area contributed by atoms with Crippen molar-refractivity contribution in [2.24, 2.45) is 13.0 Å². The van der Waals surface area contributed by atoms with Crippen LogP contribution < -0.4 is 0 Å². The Morgan fingerprint density at radius 2 is 2.04 bits per heavy atom. The number of ether oxygens (including phenoxy) is 1. The molecule has 4 rings (SSSR count). The fraction of sp³-hybridized carbons (Fsp3) is 0.474. The van der Waals surface area contributed by atoms with Crippen molar-refractivity contribution in [3.05, 3.63) is 41.8 Å². The molecule has 25 heavy (non-hydrogen) atoms. The third-order valence-corrected chi connectivity index (χ3v) is 4.94. The smallest absolute Gasteiger partial charge is 0.272 e. The summed E-state index contributed by atoms with van der Waals surface area (Å²) in [4.78, 5) is 14.6. The summed E-state index contributed by atoms with van der Waals surface area (Å²) in [5.41, 5.74) is 2.01. The molecule has 2 aliphatic rings. The number of hydrogen-bond acceptors (Lipinski definition) is 3. The molecule has 6 heteroatoms. The highest BCUT2D eigenvalue weighted by atomic mass is 19.1. The van der Waals surface area contributed by atoms with E-state index in [0.29, 0.717) is 24.5 Å². The molecule has 0 N–H and O–H groups in total. The number of carbonyl (C=O) groups is 1. The van der Waals surface area contributed by atoms with Crippen LogP contribution in [0.2, 0.25) is 0 Å². The van der Waals surface area contributed by atoms with Crippen molar-refractivity contribution in [2.75, 3.05) is 19.7 Å². The number of carbonyl (C=O) groups excluding carboxylic acids is 1. The van der Waals surface area contributed by atoms with Crippen LogP contribution in [0, 0.1) is 11.7 Å². The van der Waals surface area contributed by atoms with Gasteiger partial charge in [-0.25, -0.2) is 4.39 Å². The molecule has 2 aromatic rings. The number of aryl methyl sites for hydroxylation is 1. The lowest BCUT2D eigenvalue weighted by Gasteiger charge is -2.16. The van der Waals surface area contributed by atoms with E-state index < -0.39 is 0 Å². The number of benzene rings is 1. The van der Waals surface area contributed by atoms with Crippen molar-refractivity contribution in [3.8, 4) is 11.3 Å². The Labute approximate surface area is 146 Å². The molecule has 0 radical (unpaired) electrons. The van der Waals surface area contributed by atoms with Crippen LogP contribution >= 0.6 is 0 Å². The Morgan fingerprint density at radius 1 is 1.28 bits per heavy atom. The van der Waals surface area contributed by atoms with Crippen LogP contribution in [0.3, 0.4) is 0 Å². The van der Waals surface area contributed by atoms with Gasteiger partial charge in [-0.15, -0.1) is 0 Å². The largest absolute Gasteiger partial charge is 0.376 e. The van der Waals surface area contributed by atoms with E-state index in [1.807, 2.05) is 4.90 Å². The quantitative estimate of drug-likeness (QED) is 0.839. The van der Waals surface area contributed by atoms with Crippen molar-refractivity contribution >= 4 is 5.91 Å². The van der Waals surface area contributed by atoms with E-state index in [0.717, 1.165) is 24.5 Å². The van der Waals surface area contributed by atoms with Crippen LogP contribution in [0.1, 0.15) is 29.8 Å². The minimum atomic E-state index is -0.287. The average molecular weight is 343 g/mol. The summed E-state index contributed by atoms with van der Waals surface area (Å²) < 4.78 is 20.6. The van der Waals surface area contributed by atoms with Crippen molar-refractivity contribution in [2.45, 2.75) is 25.4 Å². The van der Waals surface area contributed by atoms with Gasteiger partial charge in [0.05, 0.1) is 11.8 Å². The number of rotatable bonds is 5. The van der Waals surface area contributed by atoms with Crippen LogP contribution in [0.15, 0.2) is 30.3 Å². The summed E-state index contributed by atoms with van der Waals surface area (Å²) in [6.07, 6.45) is 3.59. The number of halogens is 1. The van der Waals surface area contributed by atoms with Gasteiger partial charge in [0, 0.05) is 32.3 Å². The van der Waals surface area contributed by atoms with E-state index >= 15 is 0 Å². The minimum absolute atomic E-state index is 0.0270. The van der Waals surface area contributed by atoms with Crippen molar-refractivity contribution in [1.82, 2.24) is 14.7 Å². The maximum absolute atomic E-state index is 13.1. The van der Waals surface area contributed by atoms with Gasteiger partial charge in [-0.2, -0.15) is 5.10 Å². The van der Waals surface area contributed by atoms with E-state index in [2.05, 4.69) is 5.10 Å². The van der Waals surface area contributed by atoms with Gasteiger partial charge in [-0.05, 0) is 55.5 Å². The van der Waals surface area contributed by atoms with Gasteiger partial charge in [0.1, 0.15) is 11.5 Å². The van der Waals surface area contributed by atoms with Gasteiger partial charge in [0.2, 0.25) is 0 Å².